The van der Waals surface area contributed by atoms with Crippen molar-refractivity contribution in [1.29, 1.82) is 0 Å². The summed E-state index contributed by atoms with van der Waals surface area (Å²) < 4.78 is 79.5. The Morgan fingerprint density at radius 3 is 2.47 bits per heavy atom. The number of hydrogen-bond donors (Lipinski definition) is 1. The van der Waals surface area contributed by atoms with Crippen LogP contribution in [0.4, 0.5) is 15.9 Å². The van der Waals surface area contributed by atoms with Gasteiger partial charge in [0.25, 0.3) is 0 Å². The van der Waals surface area contributed by atoms with Gasteiger partial charge in [-0.3, -0.25) is 4.90 Å². The van der Waals surface area contributed by atoms with E-state index in [2.05, 4.69) is 31.2 Å². The van der Waals surface area contributed by atoms with Gasteiger partial charge in [0.1, 0.15) is 23.6 Å². The van der Waals surface area contributed by atoms with E-state index in [0.717, 1.165) is 0 Å². The maximum atomic E-state index is 14.6. The van der Waals surface area contributed by atoms with E-state index in [-0.39, 0.29) is 30.0 Å². The van der Waals surface area contributed by atoms with E-state index < -0.39 is 42.4 Å². The maximum Gasteiger partial charge on any atom is 0.163 e. The largest absolute Gasteiger partial charge is 0.489 e. The highest BCUT2D eigenvalue weighted by Crippen LogP contribution is 2.38. The molecule has 1 aliphatic rings. The van der Waals surface area contributed by atoms with E-state index in [1.807, 2.05) is 20.8 Å². The Hall–Kier alpha value is -2.45. The predicted octanol–water partition coefficient (Wildman–Crippen LogP) is 7.34. The minimum atomic E-state index is -2.47. The summed E-state index contributed by atoms with van der Waals surface area (Å²) in [6.45, 7) is 3.91. The minimum Gasteiger partial charge on any atom is -0.489 e. The zero-order valence-electron chi connectivity index (χ0n) is 27.4. The average Bonchev–Trinajstić information content (AvgIpc) is 2.77. The Morgan fingerprint density at radius 1 is 1.11 bits per heavy atom. The van der Waals surface area contributed by atoms with Gasteiger partial charge in [-0.05, 0) is 97.6 Å². The predicted molar refractivity (Wildman–Crippen MR) is 147 cm³/mol. The van der Waals surface area contributed by atoms with Crippen LogP contribution in [-0.2, 0) is 0 Å². The summed E-state index contributed by atoms with van der Waals surface area (Å²) in [6.07, 6.45) is 0.721. The van der Waals surface area contributed by atoms with Crippen molar-refractivity contribution >= 4 is 38.3 Å². The number of likely N-dealkylation sites (tertiary alicyclic amines) is 1. The summed E-state index contributed by atoms with van der Waals surface area (Å²) in [5.41, 5.74) is -0.988. The standard InChI is InChI=1S/C28H36BrFN4O2/c1-27(2,3)34-11-9-18(10-12-34)16-35-24-15-23-20(14-25(24)36-28(4,5)6)26(32-17-31-23)33-22-8-7-19(29)13-21(22)30/h7-8,13-15,17-18H,9-12,16H2,1-6H3,(H,31,32,33)/i11D2,12D2,16D2. The molecule has 6 nitrogen and oxygen atoms in total. The lowest BCUT2D eigenvalue weighted by molar-refractivity contribution is 0.0698. The molecule has 194 valence electrons. The van der Waals surface area contributed by atoms with Gasteiger partial charge >= 0.3 is 0 Å². The van der Waals surface area contributed by atoms with Crippen LogP contribution in [0.15, 0.2) is 41.1 Å². The maximum absolute atomic E-state index is 14.6. The molecule has 0 saturated carbocycles. The number of piperidine rings is 1. The van der Waals surface area contributed by atoms with Crippen LogP contribution in [0.2, 0.25) is 0 Å². The monoisotopic (exact) mass is 564 g/mol. The number of rotatable bonds is 6. The fourth-order valence-electron chi connectivity index (χ4n) is 3.61. The second-order valence-corrected chi connectivity index (χ2v) is 11.6. The van der Waals surface area contributed by atoms with E-state index in [1.54, 1.807) is 39.0 Å². The second kappa shape index (κ2) is 10.5. The van der Waals surface area contributed by atoms with E-state index in [0.29, 0.717) is 21.2 Å². The van der Waals surface area contributed by atoms with Crippen LogP contribution >= 0.6 is 15.9 Å². The Morgan fingerprint density at radius 2 is 1.83 bits per heavy atom. The highest BCUT2D eigenvalue weighted by Gasteiger charge is 2.27. The molecule has 2 heterocycles. The van der Waals surface area contributed by atoms with Crippen molar-refractivity contribution in [3.63, 3.8) is 0 Å². The number of hydrogen-bond acceptors (Lipinski definition) is 6. The Kier molecular flexibility index (Phi) is 5.73. The van der Waals surface area contributed by atoms with Crippen molar-refractivity contribution in [2.75, 3.05) is 24.9 Å². The first kappa shape index (κ1) is 19.6. The molecule has 0 amide bonds. The fraction of sp³-hybridized carbons (Fsp3) is 0.500. The molecular formula is C28H36BrFN4O2. The summed E-state index contributed by atoms with van der Waals surface area (Å²) in [4.78, 5) is 9.76. The molecule has 1 fully saturated rings. The van der Waals surface area contributed by atoms with Gasteiger partial charge in [-0.2, -0.15) is 0 Å². The smallest absolute Gasteiger partial charge is 0.163 e. The third kappa shape index (κ3) is 6.65. The molecule has 4 rings (SSSR count). The third-order valence-electron chi connectivity index (χ3n) is 5.30. The molecule has 0 atom stereocenters. The number of nitrogens with one attached hydrogen (secondary N) is 1. The van der Waals surface area contributed by atoms with Crippen LogP contribution in [0.5, 0.6) is 11.5 Å². The molecule has 0 aliphatic carbocycles. The third-order valence-corrected chi connectivity index (χ3v) is 5.79. The molecule has 0 unspecified atom stereocenters. The first-order valence-corrected chi connectivity index (χ1v) is 12.6. The zero-order chi connectivity index (χ0) is 31.5. The quantitative estimate of drug-likeness (QED) is 0.338. The minimum absolute atomic E-state index is 0.0151. The highest BCUT2D eigenvalue weighted by atomic mass is 79.9. The number of ether oxygens (including phenoxy) is 2. The van der Waals surface area contributed by atoms with E-state index in [1.165, 1.54) is 23.4 Å². The molecular weight excluding hydrogens is 523 g/mol. The average molecular weight is 566 g/mol. The summed E-state index contributed by atoms with van der Waals surface area (Å²) in [5, 5.41) is 3.45. The van der Waals surface area contributed by atoms with Crippen molar-refractivity contribution < 1.29 is 22.1 Å². The van der Waals surface area contributed by atoms with Gasteiger partial charge in [-0.25, -0.2) is 14.4 Å². The number of benzene rings is 2. The van der Waals surface area contributed by atoms with E-state index in [9.17, 15) is 4.39 Å². The molecule has 3 aromatic rings. The number of aromatic nitrogens is 2. The first-order chi connectivity index (χ1) is 19.1. The molecule has 2 aromatic carbocycles. The molecule has 1 N–H and O–H groups in total. The number of halogens is 2. The molecule has 1 aromatic heterocycles. The topological polar surface area (TPSA) is 59.5 Å². The number of fused-ring (bicyclic) bond motifs is 1. The normalized spacial score (nSPS) is 21.4. The summed E-state index contributed by atoms with van der Waals surface area (Å²) in [6, 6.07) is 7.66. The fourth-order valence-corrected chi connectivity index (χ4v) is 3.94. The van der Waals surface area contributed by atoms with Crippen LogP contribution < -0.4 is 14.8 Å². The number of anilines is 2. The van der Waals surface area contributed by atoms with Crippen LogP contribution in [0.3, 0.4) is 0 Å². The molecule has 36 heavy (non-hydrogen) atoms. The molecule has 1 aliphatic heterocycles. The molecule has 0 bridgehead atoms. The van der Waals surface area contributed by atoms with Crippen molar-refractivity contribution in [2.24, 2.45) is 5.92 Å². The van der Waals surface area contributed by atoms with Crippen molar-refractivity contribution in [3.05, 3.63) is 46.9 Å². The lowest BCUT2D eigenvalue weighted by Gasteiger charge is -2.40. The Balaban J connectivity index is 1.74. The van der Waals surface area contributed by atoms with Gasteiger partial charge in [0.15, 0.2) is 11.5 Å². The van der Waals surface area contributed by atoms with Gasteiger partial charge in [-0.15, -0.1) is 0 Å². The lowest BCUT2D eigenvalue weighted by atomic mass is 9.93. The van der Waals surface area contributed by atoms with Crippen LogP contribution in [0.1, 0.15) is 62.6 Å². The molecule has 0 radical (unpaired) electrons. The summed E-state index contributed by atoms with van der Waals surface area (Å²) in [5.74, 6) is -1.13. The van der Waals surface area contributed by atoms with Gasteiger partial charge in [0, 0.05) is 26.9 Å². The number of nitrogens with zero attached hydrogens (tertiary/aromatic N) is 3. The molecule has 8 heteroatoms. The SMILES string of the molecule is [2H]C([2H])(Oc1cc2ncnc(Nc3ccc(Br)cc3F)c2cc1OC(C)(C)C)C1CC([2H])([2H])N(C(C)(C)C)C([2H])([2H])C1. The summed E-state index contributed by atoms with van der Waals surface area (Å²) >= 11 is 3.24. The van der Waals surface area contributed by atoms with Gasteiger partial charge in [-0.1, -0.05) is 15.9 Å². The van der Waals surface area contributed by atoms with Crippen molar-refractivity contribution in [3.8, 4) is 11.5 Å². The zero-order valence-corrected chi connectivity index (χ0v) is 23.0. The van der Waals surface area contributed by atoms with Crippen LogP contribution in [-0.4, -0.2) is 45.6 Å². The Bertz CT molecular complexity index is 1460. The first-order valence-electron chi connectivity index (χ1n) is 14.8. The van der Waals surface area contributed by atoms with E-state index >= 15 is 0 Å². The van der Waals surface area contributed by atoms with Gasteiger partial charge in [0.05, 0.1) is 20.5 Å². The second-order valence-electron chi connectivity index (χ2n) is 10.6. The highest BCUT2D eigenvalue weighted by molar-refractivity contribution is 9.10. The van der Waals surface area contributed by atoms with Gasteiger partial charge < -0.3 is 14.8 Å². The van der Waals surface area contributed by atoms with Crippen molar-refractivity contribution in [2.45, 2.75) is 65.5 Å². The van der Waals surface area contributed by atoms with Crippen LogP contribution in [0, 0.1) is 11.7 Å². The van der Waals surface area contributed by atoms with Crippen molar-refractivity contribution in [1.82, 2.24) is 14.9 Å². The van der Waals surface area contributed by atoms with E-state index in [4.69, 9.17) is 17.7 Å². The molecule has 0 spiro atoms. The van der Waals surface area contributed by atoms with Crippen LogP contribution in [0.25, 0.3) is 10.9 Å². The van der Waals surface area contributed by atoms with Gasteiger partial charge in [0.2, 0.25) is 0 Å². The Labute approximate surface area is 230 Å². The molecule has 1 saturated heterocycles. The summed E-state index contributed by atoms with van der Waals surface area (Å²) in [7, 11) is 0. The lowest BCUT2D eigenvalue weighted by Crippen LogP contribution is -2.46.